The first-order chi connectivity index (χ1) is 10.6. The second-order valence-electron chi connectivity index (χ2n) is 5.24. The predicted octanol–water partition coefficient (Wildman–Crippen LogP) is 4.29. The number of nitrogens with zero attached hydrogens (tertiary/aromatic N) is 1. The Morgan fingerprint density at radius 2 is 1.68 bits per heavy atom. The van der Waals surface area contributed by atoms with E-state index in [0.717, 1.165) is 34.4 Å². The Bertz CT molecular complexity index is 804. The van der Waals surface area contributed by atoms with E-state index in [1.165, 1.54) is 0 Å². The van der Waals surface area contributed by atoms with Crippen LogP contribution in [0.15, 0.2) is 47.0 Å². The molecule has 0 spiro atoms. The lowest BCUT2D eigenvalue weighted by Crippen LogP contribution is -1.87. The Hall–Kier alpha value is -2.75. The van der Waals surface area contributed by atoms with Crippen LogP contribution in [0.4, 0.5) is 0 Å². The largest absolute Gasteiger partial charge is 0.508 e. The van der Waals surface area contributed by atoms with Gasteiger partial charge in [-0.15, -0.1) is 0 Å². The zero-order valence-corrected chi connectivity index (χ0v) is 12.5. The van der Waals surface area contributed by atoms with Crippen LogP contribution in [-0.4, -0.2) is 15.4 Å². The Morgan fingerprint density at radius 1 is 1.00 bits per heavy atom. The average molecular weight is 295 g/mol. The maximum absolute atomic E-state index is 9.66. The van der Waals surface area contributed by atoms with Gasteiger partial charge in [-0.2, -0.15) is 0 Å². The van der Waals surface area contributed by atoms with E-state index in [1.54, 1.807) is 18.2 Å². The van der Waals surface area contributed by atoms with Crippen LogP contribution in [0.3, 0.4) is 0 Å². The molecule has 0 atom stereocenters. The number of phenols is 2. The number of hydrogen-bond acceptors (Lipinski definition) is 4. The Morgan fingerprint density at radius 3 is 2.32 bits per heavy atom. The van der Waals surface area contributed by atoms with E-state index < -0.39 is 0 Å². The Labute approximate surface area is 128 Å². The van der Waals surface area contributed by atoms with Crippen molar-refractivity contribution < 1.29 is 14.7 Å². The second kappa shape index (κ2) is 5.56. The topological polar surface area (TPSA) is 66.5 Å². The van der Waals surface area contributed by atoms with E-state index in [9.17, 15) is 10.2 Å². The van der Waals surface area contributed by atoms with Gasteiger partial charge in [0, 0.05) is 16.7 Å². The van der Waals surface area contributed by atoms with Gasteiger partial charge in [0.05, 0.1) is 0 Å². The molecule has 3 rings (SSSR count). The van der Waals surface area contributed by atoms with E-state index in [2.05, 4.69) is 5.16 Å². The summed E-state index contributed by atoms with van der Waals surface area (Å²) >= 11 is 0. The van der Waals surface area contributed by atoms with Crippen molar-refractivity contribution in [2.75, 3.05) is 0 Å². The summed E-state index contributed by atoms with van der Waals surface area (Å²) in [6, 6.07) is 12.3. The molecule has 4 nitrogen and oxygen atoms in total. The van der Waals surface area contributed by atoms with Crippen molar-refractivity contribution in [1.82, 2.24) is 5.16 Å². The standard InChI is InChI=1S/C18H17NO3/c1-3-15-17(12-4-7-14(20)8-5-12)19-22-18(15)13-6-9-16(21)11(2)10-13/h4-10,20-21H,3H2,1-2H3. The quantitative estimate of drug-likeness (QED) is 0.756. The van der Waals surface area contributed by atoms with Gasteiger partial charge in [-0.05, 0) is 61.4 Å². The van der Waals surface area contributed by atoms with E-state index in [4.69, 9.17) is 4.52 Å². The number of phenolic OH excluding ortho intramolecular Hbond substituents is 2. The molecule has 4 heteroatoms. The zero-order valence-electron chi connectivity index (χ0n) is 12.5. The van der Waals surface area contributed by atoms with Crippen LogP contribution in [0.1, 0.15) is 18.1 Å². The second-order valence-corrected chi connectivity index (χ2v) is 5.24. The molecule has 0 unspecified atom stereocenters. The van der Waals surface area contributed by atoms with E-state index in [1.807, 2.05) is 38.1 Å². The van der Waals surface area contributed by atoms with Crippen LogP contribution in [-0.2, 0) is 6.42 Å². The maximum atomic E-state index is 9.66. The molecular weight excluding hydrogens is 278 g/mol. The van der Waals surface area contributed by atoms with Gasteiger partial charge in [0.2, 0.25) is 0 Å². The smallest absolute Gasteiger partial charge is 0.170 e. The lowest BCUT2D eigenvalue weighted by Gasteiger charge is -2.04. The van der Waals surface area contributed by atoms with Gasteiger partial charge in [0.15, 0.2) is 5.76 Å². The fraction of sp³-hybridized carbons (Fsp3) is 0.167. The molecule has 0 aliphatic carbocycles. The van der Waals surface area contributed by atoms with Crippen molar-refractivity contribution >= 4 is 0 Å². The summed E-state index contributed by atoms with van der Waals surface area (Å²) in [7, 11) is 0. The molecule has 1 heterocycles. The molecule has 0 saturated heterocycles. The third-order valence-corrected chi connectivity index (χ3v) is 3.74. The van der Waals surface area contributed by atoms with Crippen LogP contribution in [0, 0.1) is 6.92 Å². The summed E-state index contributed by atoms with van der Waals surface area (Å²) < 4.78 is 5.56. The lowest BCUT2D eigenvalue weighted by molar-refractivity contribution is 0.434. The molecule has 22 heavy (non-hydrogen) atoms. The van der Waals surface area contributed by atoms with Crippen molar-refractivity contribution in [3.05, 3.63) is 53.6 Å². The van der Waals surface area contributed by atoms with E-state index in [0.29, 0.717) is 5.76 Å². The normalized spacial score (nSPS) is 10.8. The van der Waals surface area contributed by atoms with Gasteiger partial charge in [-0.1, -0.05) is 12.1 Å². The highest BCUT2D eigenvalue weighted by Gasteiger charge is 2.18. The first-order valence-corrected chi connectivity index (χ1v) is 7.18. The molecule has 3 aromatic rings. The highest BCUT2D eigenvalue weighted by molar-refractivity contribution is 5.73. The molecule has 0 radical (unpaired) electrons. The molecule has 0 saturated carbocycles. The molecule has 0 fully saturated rings. The first kappa shape index (κ1) is 14.2. The lowest BCUT2D eigenvalue weighted by atomic mass is 9.99. The van der Waals surface area contributed by atoms with E-state index in [-0.39, 0.29) is 11.5 Å². The first-order valence-electron chi connectivity index (χ1n) is 7.18. The molecule has 2 N–H and O–H groups in total. The fourth-order valence-corrected chi connectivity index (χ4v) is 2.51. The molecule has 1 aromatic heterocycles. The van der Waals surface area contributed by atoms with Gasteiger partial charge in [0.1, 0.15) is 17.2 Å². The predicted molar refractivity (Wildman–Crippen MR) is 84.8 cm³/mol. The molecule has 112 valence electrons. The van der Waals surface area contributed by atoms with Crippen LogP contribution < -0.4 is 0 Å². The fourth-order valence-electron chi connectivity index (χ4n) is 2.51. The summed E-state index contributed by atoms with van der Waals surface area (Å²) in [6.45, 7) is 3.90. The van der Waals surface area contributed by atoms with Crippen molar-refractivity contribution in [2.45, 2.75) is 20.3 Å². The Balaban J connectivity index is 2.10. The number of hydrogen-bond donors (Lipinski definition) is 2. The minimum atomic E-state index is 0.222. The summed E-state index contributed by atoms with van der Waals surface area (Å²) in [4.78, 5) is 0. The molecule has 2 aromatic carbocycles. The minimum Gasteiger partial charge on any atom is -0.508 e. The van der Waals surface area contributed by atoms with Crippen LogP contribution >= 0.6 is 0 Å². The minimum absolute atomic E-state index is 0.222. The number of rotatable bonds is 3. The van der Waals surface area contributed by atoms with Crippen LogP contribution in [0.25, 0.3) is 22.6 Å². The summed E-state index contributed by atoms with van der Waals surface area (Å²) in [6.07, 6.45) is 0.773. The van der Waals surface area contributed by atoms with Crippen LogP contribution in [0.2, 0.25) is 0 Å². The highest BCUT2D eigenvalue weighted by atomic mass is 16.5. The molecule has 0 aliphatic rings. The highest BCUT2D eigenvalue weighted by Crippen LogP contribution is 2.34. The molecule has 0 aliphatic heterocycles. The number of aromatic hydroxyl groups is 2. The van der Waals surface area contributed by atoms with Gasteiger partial charge in [-0.25, -0.2) is 0 Å². The van der Waals surface area contributed by atoms with Crippen molar-refractivity contribution in [3.8, 4) is 34.1 Å². The monoisotopic (exact) mass is 295 g/mol. The zero-order chi connectivity index (χ0) is 15.7. The summed E-state index contributed by atoms with van der Waals surface area (Å²) in [5.74, 6) is 1.20. The van der Waals surface area contributed by atoms with E-state index >= 15 is 0 Å². The third-order valence-electron chi connectivity index (χ3n) is 3.74. The average Bonchev–Trinajstić information content (AvgIpc) is 2.94. The SMILES string of the molecule is CCc1c(-c2ccc(O)cc2)noc1-c1ccc(O)c(C)c1. The Kier molecular flexibility index (Phi) is 3.59. The number of aromatic nitrogens is 1. The van der Waals surface area contributed by atoms with Gasteiger partial charge >= 0.3 is 0 Å². The summed E-state index contributed by atoms with van der Waals surface area (Å²) in [5.41, 5.74) is 4.38. The van der Waals surface area contributed by atoms with Gasteiger partial charge in [-0.3, -0.25) is 0 Å². The number of benzene rings is 2. The van der Waals surface area contributed by atoms with Gasteiger partial charge < -0.3 is 14.7 Å². The third kappa shape index (κ3) is 2.44. The molecular formula is C18H17NO3. The maximum Gasteiger partial charge on any atom is 0.170 e. The van der Waals surface area contributed by atoms with Gasteiger partial charge in [0.25, 0.3) is 0 Å². The number of aryl methyl sites for hydroxylation is 1. The van der Waals surface area contributed by atoms with Crippen molar-refractivity contribution in [2.24, 2.45) is 0 Å². The van der Waals surface area contributed by atoms with Crippen LogP contribution in [0.5, 0.6) is 11.5 Å². The summed E-state index contributed by atoms with van der Waals surface area (Å²) in [5, 5.41) is 23.3. The van der Waals surface area contributed by atoms with Crippen molar-refractivity contribution in [1.29, 1.82) is 0 Å². The van der Waals surface area contributed by atoms with Crippen molar-refractivity contribution in [3.63, 3.8) is 0 Å². The molecule has 0 amide bonds. The molecule has 0 bridgehead atoms.